The van der Waals surface area contributed by atoms with Crippen molar-refractivity contribution >= 4 is 51.0 Å². The number of nitrogens with zero attached hydrogens (tertiary/aromatic N) is 5. The topological polar surface area (TPSA) is 113 Å². The lowest BCUT2D eigenvalue weighted by Crippen LogP contribution is -2.41. The van der Waals surface area contributed by atoms with E-state index in [1.807, 2.05) is 25.1 Å². The monoisotopic (exact) mass is 514 g/mol. The van der Waals surface area contributed by atoms with Crippen molar-refractivity contribution in [2.24, 2.45) is 5.92 Å². The number of anilines is 2. The van der Waals surface area contributed by atoms with Gasteiger partial charge in [-0.2, -0.15) is 0 Å². The Kier molecular flexibility index (Phi) is 7.22. The molecule has 1 amide bonds. The minimum Gasteiger partial charge on any atom is -0.483 e. The molecule has 5 rings (SSSR count). The number of piperidine rings is 1. The SMILES string of the molecule is Cc1ccc(NC(=O)C2CCCN(c3ncnc4c3nc3n4CCCC3)C2)cc1Br.O=CO. The molecular formula is C23H27BrN6O3. The molecule has 0 spiro atoms. The first kappa shape index (κ1) is 23.2. The molecule has 0 aliphatic carbocycles. The van der Waals surface area contributed by atoms with Gasteiger partial charge in [0.25, 0.3) is 6.47 Å². The van der Waals surface area contributed by atoms with Crippen LogP contribution in [0, 0.1) is 12.8 Å². The molecule has 0 bridgehead atoms. The van der Waals surface area contributed by atoms with Crippen molar-refractivity contribution in [3.63, 3.8) is 0 Å². The largest absolute Gasteiger partial charge is 0.483 e. The van der Waals surface area contributed by atoms with Crippen LogP contribution < -0.4 is 10.2 Å². The van der Waals surface area contributed by atoms with Gasteiger partial charge in [0, 0.05) is 36.2 Å². The highest BCUT2D eigenvalue weighted by Crippen LogP contribution is 2.30. The highest BCUT2D eigenvalue weighted by Gasteiger charge is 2.29. The number of carbonyl (C=O) groups is 2. The van der Waals surface area contributed by atoms with Crippen LogP contribution in [0.25, 0.3) is 11.2 Å². The number of carbonyl (C=O) groups excluding carboxylic acids is 1. The lowest BCUT2D eigenvalue weighted by Gasteiger charge is -2.32. The minimum absolute atomic E-state index is 0.0601. The summed E-state index contributed by atoms with van der Waals surface area (Å²) in [5.41, 5.74) is 3.76. The number of fused-ring (bicyclic) bond motifs is 3. The fourth-order valence-electron chi connectivity index (χ4n) is 4.48. The van der Waals surface area contributed by atoms with E-state index < -0.39 is 0 Å². The molecule has 3 aromatic rings. The quantitative estimate of drug-likeness (QED) is 0.511. The third-order valence-electron chi connectivity index (χ3n) is 6.15. The Balaban J connectivity index is 0.000000821. The Labute approximate surface area is 200 Å². The van der Waals surface area contributed by atoms with Gasteiger partial charge in [-0.1, -0.05) is 22.0 Å². The average molecular weight is 515 g/mol. The van der Waals surface area contributed by atoms with Crippen LogP contribution >= 0.6 is 15.9 Å². The zero-order valence-corrected chi connectivity index (χ0v) is 20.1. The summed E-state index contributed by atoms with van der Waals surface area (Å²) >= 11 is 3.54. The first-order valence-electron chi connectivity index (χ1n) is 11.1. The zero-order valence-electron chi connectivity index (χ0n) is 18.5. The Morgan fingerprint density at radius 2 is 2.06 bits per heavy atom. The van der Waals surface area contributed by atoms with Crippen molar-refractivity contribution in [2.75, 3.05) is 23.3 Å². The van der Waals surface area contributed by atoms with Gasteiger partial charge in [-0.15, -0.1) is 0 Å². The summed E-state index contributed by atoms with van der Waals surface area (Å²) in [6.07, 6.45) is 6.80. The summed E-state index contributed by atoms with van der Waals surface area (Å²) in [5, 5.41) is 9.97. The van der Waals surface area contributed by atoms with Crippen LogP contribution in [0.15, 0.2) is 29.0 Å². The summed E-state index contributed by atoms with van der Waals surface area (Å²) < 4.78 is 3.23. The van der Waals surface area contributed by atoms with Crippen LogP contribution in [0.1, 0.15) is 37.1 Å². The lowest BCUT2D eigenvalue weighted by molar-refractivity contribution is -0.123. The molecule has 1 saturated heterocycles. The van der Waals surface area contributed by atoms with Crippen LogP contribution in [-0.4, -0.2) is 50.1 Å². The summed E-state index contributed by atoms with van der Waals surface area (Å²) in [7, 11) is 0. The van der Waals surface area contributed by atoms with Crippen LogP contribution in [-0.2, 0) is 22.6 Å². The molecule has 1 unspecified atom stereocenters. The average Bonchev–Trinajstić information content (AvgIpc) is 3.21. The van der Waals surface area contributed by atoms with Crippen molar-refractivity contribution in [1.29, 1.82) is 0 Å². The van der Waals surface area contributed by atoms with E-state index in [1.54, 1.807) is 6.33 Å². The molecule has 2 aliphatic rings. The maximum absolute atomic E-state index is 13.0. The molecule has 9 nitrogen and oxygen atoms in total. The van der Waals surface area contributed by atoms with Crippen molar-refractivity contribution in [2.45, 2.75) is 45.6 Å². The number of hydrogen-bond acceptors (Lipinski definition) is 6. The Morgan fingerprint density at radius 1 is 1.24 bits per heavy atom. The van der Waals surface area contributed by atoms with Gasteiger partial charge < -0.3 is 19.9 Å². The molecule has 4 heterocycles. The van der Waals surface area contributed by atoms with E-state index >= 15 is 0 Å². The second-order valence-corrected chi connectivity index (χ2v) is 9.20. The molecule has 2 aromatic heterocycles. The van der Waals surface area contributed by atoms with Crippen molar-refractivity contribution in [1.82, 2.24) is 19.5 Å². The first-order valence-corrected chi connectivity index (χ1v) is 11.9. The number of aryl methyl sites for hydroxylation is 3. The van der Waals surface area contributed by atoms with Crippen LogP contribution in [0.4, 0.5) is 11.5 Å². The molecule has 1 atom stereocenters. The molecule has 2 aliphatic heterocycles. The highest BCUT2D eigenvalue weighted by molar-refractivity contribution is 9.10. The van der Waals surface area contributed by atoms with Crippen molar-refractivity contribution in [3.8, 4) is 0 Å². The van der Waals surface area contributed by atoms with Gasteiger partial charge in [-0.05, 0) is 50.3 Å². The Hall–Kier alpha value is -3.01. The fourth-order valence-corrected chi connectivity index (χ4v) is 4.86. The standard InChI is InChI=1S/C22H25BrN6O.CH2O2/c1-14-7-8-16(11-17(14)23)26-22(30)15-5-4-9-28(12-15)20-19-21(25-13-24-20)29-10-3-2-6-18(29)27-19;2-1-3/h7-8,11,13,15H,2-6,9-10,12H2,1H3,(H,26,30);1H,(H,2,3). The molecule has 10 heteroatoms. The molecule has 33 heavy (non-hydrogen) atoms. The lowest BCUT2D eigenvalue weighted by atomic mass is 9.97. The predicted molar refractivity (Wildman–Crippen MR) is 129 cm³/mol. The van der Waals surface area contributed by atoms with E-state index in [1.165, 1.54) is 12.8 Å². The number of rotatable bonds is 3. The van der Waals surface area contributed by atoms with Gasteiger partial charge in [0.05, 0.1) is 5.92 Å². The van der Waals surface area contributed by atoms with Gasteiger partial charge in [0.15, 0.2) is 17.0 Å². The van der Waals surface area contributed by atoms with Crippen LogP contribution in [0.3, 0.4) is 0 Å². The van der Waals surface area contributed by atoms with Crippen LogP contribution in [0.2, 0.25) is 0 Å². The predicted octanol–water partition coefficient (Wildman–Crippen LogP) is 3.79. The van der Waals surface area contributed by atoms with E-state index in [2.05, 4.69) is 40.7 Å². The minimum atomic E-state index is -0.250. The van der Waals surface area contributed by atoms with E-state index in [9.17, 15) is 4.79 Å². The number of nitrogens with one attached hydrogen (secondary N) is 1. The molecule has 0 saturated carbocycles. The second kappa shape index (κ2) is 10.3. The summed E-state index contributed by atoms with van der Waals surface area (Å²) in [6.45, 7) is 4.28. The van der Waals surface area contributed by atoms with E-state index in [0.717, 1.165) is 70.9 Å². The summed E-state index contributed by atoms with van der Waals surface area (Å²) in [5.74, 6) is 1.94. The molecule has 1 fully saturated rings. The smallest absolute Gasteiger partial charge is 0.290 e. The van der Waals surface area contributed by atoms with Gasteiger partial charge in [-0.3, -0.25) is 9.59 Å². The number of hydrogen-bond donors (Lipinski definition) is 2. The van der Waals surface area contributed by atoms with Crippen LogP contribution in [0.5, 0.6) is 0 Å². The molecule has 0 radical (unpaired) electrons. The maximum atomic E-state index is 13.0. The Morgan fingerprint density at radius 3 is 2.85 bits per heavy atom. The molecule has 174 valence electrons. The third kappa shape index (κ3) is 5.00. The number of amides is 1. The van der Waals surface area contributed by atoms with Gasteiger partial charge in [0.2, 0.25) is 5.91 Å². The zero-order chi connectivity index (χ0) is 23.4. The summed E-state index contributed by atoms with van der Waals surface area (Å²) in [4.78, 5) is 37.5. The third-order valence-corrected chi connectivity index (χ3v) is 7.01. The second-order valence-electron chi connectivity index (χ2n) is 8.35. The van der Waals surface area contributed by atoms with E-state index in [4.69, 9.17) is 14.9 Å². The number of halogens is 1. The van der Waals surface area contributed by atoms with Crippen molar-refractivity contribution in [3.05, 3.63) is 40.4 Å². The number of imidazole rings is 1. The van der Waals surface area contributed by atoms with Gasteiger partial charge in [0.1, 0.15) is 12.2 Å². The first-order chi connectivity index (χ1) is 16.0. The molecular weight excluding hydrogens is 488 g/mol. The number of carboxylic acid groups (broad SMARTS) is 1. The Bertz CT molecular complexity index is 1160. The fraction of sp³-hybridized carbons (Fsp3) is 0.435. The van der Waals surface area contributed by atoms with E-state index in [-0.39, 0.29) is 18.3 Å². The van der Waals surface area contributed by atoms with Crippen molar-refractivity contribution < 1.29 is 14.7 Å². The van der Waals surface area contributed by atoms with E-state index in [0.29, 0.717) is 6.54 Å². The maximum Gasteiger partial charge on any atom is 0.290 e. The number of aromatic nitrogens is 4. The molecule has 1 aromatic carbocycles. The van der Waals surface area contributed by atoms with Gasteiger partial charge >= 0.3 is 0 Å². The summed E-state index contributed by atoms with van der Waals surface area (Å²) in [6, 6.07) is 5.91. The normalized spacial score (nSPS) is 17.6. The number of benzene rings is 1. The highest BCUT2D eigenvalue weighted by atomic mass is 79.9. The van der Waals surface area contributed by atoms with Gasteiger partial charge in [-0.25, -0.2) is 15.0 Å². The molecule has 2 N–H and O–H groups in total.